The summed E-state index contributed by atoms with van der Waals surface area (Å²) >= 11 is 2.70. The molecule has 0 aliphatic heterocycles. The van der Waals surface area contributed by atoms with E-state index in [9.17, 15) is 4.79 Å². The first-order valence-electron chi connectivity index (χ1n) is 7.85. The molecule has 0 radical (unpaired) electrons. The van der Waals surface area contributed by atoms with Crippen molar-refractivity contribution in [3.8, 4) is 23.1 Å². The van der Waals surface area contributed by atoms with Crippen LogP contribution in [-0.2, 0) is 0 Å². The molecule has 7 nitrogen and oxygen atoms in total. The highest BCUT2D eigenvalue weighted by molar-refractivity contribution is 7.15. The van der Waals surface area contributed by atoms with E-state index in [0.29, 0.717) is 32.9 Å². The zero-order valence-electron chi connectivity index (χ0n) is 15.2. The summed E-state index contributed by atoms with van der Waals surface area (Å²) in [5, 5.41) is 5.58. The first-order chi connectivity index (χ1) is 13.0. The second-order valence-electron chi connectivity index (χ2n) is 5.29. The first-order valence-corrected chi connectivity index (χ1v) is 9.55. The number of rotatable bonds is 7. The number of benzene rings is 1. The second kappa shape index (κ2) is 8.28. The molecule has 3 rings (SSSR count). The number of methoxy groups -OCH3 is 3. The van der Waals surface area contributed by atoms with Gasteiger partial charge in [0.1, 0.15) is 4.88 Å². The summed E-state index contributed by atoms with van der Waals surface area (Å²) in [4.78, 5) is 17.8. The Kier molecular flexibility index (Phi) is 5.82. The Morgan fingerprint density at radius 3 is 2.37 bits per heavy atom. The number of carbonyl (C=O) groups is 1. The van der Waals surface area contributed by atoms with Crippen molar-refractivity contribution in [1.82, 2.24) is 4.98 Å². The van der Waals surface area contributed by atoms with Gasteiger partial charge in [-0.15, -0.1) is 11.3 Å². The van der Waals surface area contributed by atoms with Crippen LogP contribution in [0.25, 0.3) is 0 Å². The molecule has 142 valence electrons. The number of thiazole rings is 1. The van der Waals surface area contributed by atoms with E-state index in [0.717, 1.165) is 4.88 Å². The summed E-state index contributed by atoms with van der Waals surface area (Å²) in [6.45, 7) is 1.84. The number of ether oxygens (including phenoxy) is 4. The molecule has 0 amide bonds. The van der Waals surface area contributed by atoms with E-state index in [1.807, 2.05) is 12.3 Å². The van der Waals surface area contributed by atoms with Gasteiger partial charge in [0.2, 0.25) is 11.6 Å². The van der Waals surface area contributed by atoms with Gasteiger partial charge in [-0.3, -0.25) is 0 Å². The van der Waals surface area contributed by atoms with Gasteiger partial charge in [0.15, 0.2) is 16.6 Å². The third-order valence-corrected chi connectivity index (χ3v) is 5.30. The van der Waals surface area contributed by atoms with Gasteiger partial charge in [-0.1, -0.05) is 17.4 Å². The summed E-state index contributed by atoms with van der Waals surface area (Å²) in [6.07, 6.45) is 0. The number of hydrogen-bond donors (Lipinski definition) is 1. The van der Waals surface area contributed by atoms with Gasteiger partial charge >= 0.3 is 5.97 Å². The van der Waals surface area contributed by atoms with Gasteiger partial charge in [0.25, 0.3) is 0 Å². The Morgan fingerprint density at radius 1 is 1.11 bits per heavy atom. The minimum Gasteiger partial charge on any atom is -0.493 e. The van der Waals surface area contributed by atoms with E-state index < -0.39 is 5.97 Å². The van der Waals surface area contributed by atoms with Crippen molar-refractivity contribution in [2.75, 3.05) is 26.6 Å². The van der Waals surface area contributed by atoms with E-state index in [-0.39, 0.29) is 5.88 Å². The number of hydrogen-bond acceptors (Lipinski definition) is 9. The molecule has 0 saturated heterocycles. The molecule has 0 bridgehead atoms. The lowest BCUT2D eigenvalue weighted by Crippen LogP contribution is -2.07. The number of carbonyl (C=O) groups excluding carboxylic acids is 1. The quantitative estimate of drug-likeness (QED) is 0.579. The van der Waals surface area contributed by atoms with Crippen molar-refractivity contribution in [1.29, 1.82) is 0 Å². The number of aromatic nitrogens is 1. The molecule has 0 fully saturated rings. The highest BCUT2D eigenvalue weighted by atomic mass is 32.1. The maximum atomic E-state index is 12.1. The van der Waals surface area contributed by atoms with Gasteiger partial charge in [0, 0.05) is 17.8 Å². The number of anilines is 2. The van der Waals surface area contributed by atoms with Crippen LogP contribution < -0.4 is 24.3 Å². The molecule has 1 N–H and O–H groups in total. The van der Waals surface area contributed by atoms with Crippen molar-refractivity contribution >= 4 is 39.5 Å². The van der Waals surface area contributed by atoms with Crippen LogP contribution in [0, 0.1) is 6.92 Å². The first kappa shape index (κ1) is 19.0. The fourth-order valence-corrected chi connectivity index (χ4v) is 3.70. The predicted molar refractivity (Wildman–Crippen MR) is 106 cm³/mol. The Hall–Kier alpha value is -2.78. The van der Waals surface area contributed by atoms with Crippen LogP contribution in [0.5, 0.6) is 23.1 Å². The van der Waals surface area contributed by atoms with Crippen molar-refractivity contribution in [3.05, 3.63) is 39.4 Å². The maximum Gasteiger partial charge on any atom is 0.355 e. The Labute approximate surface area is 164 Å². The smallest absolute Gasteiger partial charge is 0.355 e. The molecule has 0 aliphatic carbocycles. The normalized spacial score (nSPS) is 10.4. The van der Waals surface area contributed by atoms with Crippen LogP contribution in [0.15, 0.2) is 29.6 Å². The van der Waals surface area contributed by atoms with Gasteiger partial charge in [-0.05, 0) is 18.4 Å². The lowest BCUT2D eigenvalue weighted by Gasteiger charge is -2.14. The molecule has 2 aromatic heterocycles. The topological polar surface area (TPSA) is 78.9 Å². The van der Waals surface area contributed by atoms with Crippen LogP contribution in [0.1, 0.15) is 14.5 Å². The van der Waals surface area contributed by atoms with Crippen LogP contribution in [0.3, 0.4) is 0 Å². The average molecular weight is 406 g/mol. The standard InChI is InChI=1S/C18H18N2O5S2/c1-10-16(25-17(21)14-6-5-7-26-14)20-18(27-10)19-11-8-12(22-2)15(24-4)13(9-11)23-3/h5-9H,1-4H3,(H,19,20). The van der Waals surface area contributed by atoms with Crippen LogP contribution >= 0.6 is 22.7 Å². The van der Waals surface area contributed by atoms with Crippen LogP contribution in [-0.4, -0.2) is 32.3 Å². The van der Waals surface area contributed by atoms with Crippen molar-refractivity contribution in [3.63, 3.8) is 0 Å². The molecule has 0 spiro atoms. The summed E-state index contributed by atoms with van der Waals surface area (Å²) in [5.74, 6) is 1.42. The van der Waals surface area contributed by atoms with Gasteiger partial charge in [-0.25, -0.2) is 4.79 Å². The lowest BCUT2D eigenvalue weighted by molar-refractivity contribution is 0.0732. The number of esters is 1. The molecule has 0 saturated carbocycles. The highest BCUT2D eigenvalue weighted by Crippen LogP contribution is 2.41. The van der Waals surface area contributed by atoms with Crippen molar-refractivity contribution in [2.24, 2.45) is 0 Å². The SMILES string of the molecule is COc1cc(Nc2nc(OC(=O)c3cccs3)c(C)s2)cc(OC)c1OC. The van der Waals surface area contributed by atoms with E-state index in [1.165, 1.54) is 22.7 Å². The second-order valence-corrected chi connectivity index (χ2v) is 7.44. The van der Waals surface area contributed by atoms with Gasteiger partial charge in [-0.2, -0.15) is 4.98 Å². The lowest BCUT2D eigenvalue weighted by atomic mass is 10.2. The van der Waals surface area contributed by atoms with Crippen LogP contribution in [0.4, 0.5) is 10.8 Å². The monoisotopic (exact) mass is 406 g/mol. The number of nitrogens with zero attached hydrogens (tertiary/aromatic N) is 1. The molecule has 1 aromatic carbocycles. The molecule has 3 aromatic rings. The zero-order chi connectivity index (χ0) is 19.4. The fourth-order valence-electron chi connectivity index (χ4n) is 2.34. The molecular formula is C18H18N2O5S2. The van der Waals surface area contributed by atoms with Crippen molar-refractivity contribution in [2.45, 2.75) is 6.92 Å². The maximum absolute atomic E-state index is 12.1. The van der Waals surface area contributed by atoms with E-state index in [4.69, 9.17) is 18.9 Å². The minimum atomic E-state index is -0.419. The molecule has 0 atom stereocenters. The molecule has 0 unspecified atom stereocenters. The fraction of sp³-hybridized carbons (Fsp3) is 0.222. The van der Waals surface area contributed by atoms with E-state index in [2.05, 4.69) is 10.3 Å². The van der Waals surface area contributed by atoms with Gasteiger partial charge in [0.05, 0.1) is 26.2 Å². The zero-order valence-corrected chi connectivity index (χ0v) is 16.8. The number of thiophene rings is 1. The summed E-state index contributed by atoms with van der Waals surface area (Å²) in [6, 6.07) is 7.06. The number of aryl methyl sites for hydroxylation is 1. The molecule has 27 heavy (non-hydrogen) atoms. The molecular weight excluding hydrogens is 388 g/mol. The summed E-state index contributed by atoms with van der Waals surface area (Å²) in [5.41, 5.74) is 0.703. The largest absolute Gasteiger partial charge is 0.493 e. The highest BCUT2D eigenvalue weighted by Gasteiger charge is 2.17. The van der Waals surface area contributed by atoms with Crippen LogP contribution in [0.2, 0.25) is 0 Å². The molecule has 2 heterocycles. The Morgan fingerprint density at radius 2 is 1.81 bits per heavy atom. The van der Waals surface area contributed by atoms with E-state index in [1.54, 1.807) is 45.6 Å². The third kappa shape index (κ3) is 4.15. The predicted octanol–water partition coefficient (Wildman–Crippen LogP) is 4.50. The summed E-state index contributed by atoms with van der Waals surface area (Å²) < 4.78 is 21.4. The Bertz CT molecular complexity index is 912. The van der Waals surface area contributed by atoms with Gasteiger partial charge < -0.3 is 24.3 Å². The number of nitrogens with one attached hydrogen (secondary N) is 1. The minimum absolute atomic E-state index is 0.286. The average Bonchev–Trinajstić information content (AvgIpc) is 3.31. The van der Waals surface area contributed by atoms with Crippen molar-refractivity contribution < 1.29 is 23.7 Å². The Balaban J connectivity index is 1.81. The molecule has 9 heteroatoms. The molecule has 0 aliphatic rings. The van der Waals surface area contributed by atoms with E-state index >= 15 is 0 Å². The summed E-state index contributed by atoms with van der Waals surface area (Å²) in [7, 11) is 4.65. The third-order valence-electron chi connectivity index (χ3n) is 3.58.